The van der Waals surface area contributed by atoms with E-state index in [-0.39, 0.29) is 48.8 Å². The van der Waals surface area contributed by atoms with Gasteiger partial charge >= 0.3 is 12.2 Å². The second kappa shape index (κ2) is 15.4. The number of benzene rings is 3. The van der Waals surface area contributed by atoms with Gasteiger partial charge in [0.25, 0.3) is 0 Å². The predicted molar refractivity (Wildman–Crippen MR) is 188 cm³/mol. The molecule has 1 aromatic heterocycles. The Labute approximate surface area is 303 Å². The molecule has 14 heteroatoms. The summed E-state index contributed by atoms with van der Waals surface area (Å²) in [5.41, 5.74) is 0.834. The number of hydrogen-bond donors (Lipinski definition) is 1. The van der Waals surface area contributed by atoms with Gasteiger partial charge in [-0.3, -0.25) is 19.6 Å². The quantitative estimate of drug-likeness (QED) is 0.188. The van der Waals surface area contributed by atoms with Gasteiger partial charge in [0.2, 0.25) is 5.91 Å². The molecular weight excluding hydrogens is 706 g/mol. The van der Waals surface area contributed by atoms with Crippen molar-refractivity contribution in [3.63, 3.8) is 0 Å². The minimum absolute atomic E-state index is 0.0453. The number of hydrogen-bond acceptors (Lipinski definition) is 6. The number of nitrogens with one attached hydrogen (secondary N) is 1. The molecule has 2 aliphatic rings. The normalized spacial score (nSPS) is 18.1. The third-order valence-electron chi connectivity index (χ3n) is 8.81. The lowest BCUT2D eigenvalue weighted by molar-refractivity contribution is -0.137. The molecule has 6 rings (SSSR count). The van der Waals surface area contributed by atoms with E-state index in [1.54, 1.807) is 41.0 Å². The molecular formula is C37H36Cl2F3N5O4. The summed E-state index contributed by atoms with van der Waals surface area (Å²) in [6, 6.07) is 19.3. The van der Waals surface area contributed by atoms with E-state index in [2.05, 4.69) is 5.32 Å². The van der Waals surface area contributed by atoms with Gasteiger partial charge in [0.1, 0.15) is 29.1 Å². The molecule has 3 amide bonds. The first-order chi connectivity index (χ1) is 24.4. The fourth-order valence-electron chi connectivity index (χ4n) is 6.29. The number of carbonyl (C=O) groups excluding carboxylic acids is 2. The standard InChI is InChI=1S/C37H36Cl2F3N5O4/c1-3-50-31-20-26(37(40,41)42)9-15-30(31)35-44-33(24-5-10-27(38)11-6-24)34(25-7-12-28(39)13-8-25)47(35)36(49)46-18-16-45(17-19-46)22-32(48)43-21-29-14-4-23(2)51-29/h4-15,20,33-34H,3,16-19,21-22H2,1-2H3,(H,43,48). The molecule has 2 aliphatic heterocycles. The SMILES string of the molecule is CCOc1cc(C(F)(F)F)ccc1C1=NC(c2ccc(Cl)cc2)C(c2ccc(Cl)cc2)N1C(=O)N1CCN(CC(=O)NCc2ccc(C)o2)CC1. The lowest BCUT2D eigenvalue weighted by Crippen LogP contribution is -2.55. The Kier molecular flexibility index (Phi) is 10.9. The van der Waals surface area contributed by atoms with Gasteiger partial charge in [-0.2, -0.15) is 13.2 Å². The van der Waals surface area contributed by atoms with Crippen LogP contribution in [0.2, 0.25) is 10.0 Å². The molecule has 0 spiro atoms. The summed E-state index contributed by atoms with van der Waals surface area (Å²) in [5.74, 6) is 1.38. The third-order valence-corrected chi connectivity index (χ3v) is 9.32. The average Bonchev–Trinajstić information content (AvgIpc) is 3.71. The minimum Gasteiger partial charge on any atom is -0.493 e. The highest BCUT2D eigenvalue weighted by molar-refractivity contribution is 6.30. The number of urea groups is 1. The lowest BCUT2D eigenvalue weighted by Gasteiger charge is -2.39. The average molecular weight is 743 g/mol. The molecule has 0 saturated carbocycles. The molecule has 0 bridgehead atoms. The molecule has 9 nitrogen and oxygen atoms in total. The van der Waals surface area contributed by atoms with Crippen LogP contribution in [0, 0.1) is 6.92 Å². The second-order valence-electron chi connectivity index (χ2n) is 12.3. The molecule has 1 saturated heterocycles. The van der Waals surface area contributed by atoms with Gasteiger partial charge in [0, 0.05) is 36.2 Å². The van der Waals surface area contributed by atoms with E-state index < -0.39 is 23.8 Å². The summed E-state index contributed by atoms with van der Waals surface area (Å²) in [5, 5.41) is 3.88. The van der Waals surface area contributed by atoms with Crippen molar-refractivity contribution in [2.45, 2.75) is 38.7 Å². The number of carbonyl (C=O) groups is 2. The summed E-state index contributed by atoms with van der Waals surface area (Å²) < 4.78 is 52.7. The number of halogens is 5. The molecule has 2 atom stereocenters. The van der Waals surface area contributed by atoms with Crippen molar-refractivity contribution in [3.8, 4) is 5.75 Å². The largest absolute Gasteiger partial charge is 0.493 e. The Hall–Kier alpha value is -4.52. The highest BCUT2D eigenvalue weighted by Crippen LogP contribution is 2.46. The van der Waals surface area contributed by atoms with Crippen LogP contribution in [0.1, 0.15) is 52.8 Å². The summed E-state index contributed by atoms with van der Waals surface area (Å²) in [6.07, 6.45) is -4.61. The zero-order valence-corrected chi connectivity index (χ0v) is 29.4. The summed E-state index contributed by atoms with van der Waals surface area (Å²) in [4.78, 5) is 37.7. The van der Waals surface area contributed by atoms with Crippen molar-refractivity contribution >= 4 is 41.0 Å². The van der Waals surface area contributed by atoms with Crippen LogP contribution < -0.4 is 10.1 Å². The van der Waals surface area contributed by atoms with Crippen LogP contribution in [0.15, 0.2) is 88.3 Å². The van der Waals surface area contributed by atoms with E-state index in [1.807, 2.05) is 48.2 Å². The van der Waals surface area contributed by atoms with Gasteiger partial charge in [-0.05, 0) is 79.6 Å². The number of nitrogens with zero attached hydrogens (tertiary/aromatic N) is 4. The number of ether oxygens (including phenoxy) is 1. The number of alkyl halides is 3. The zero-order valence-electron chi connectivity index (χ0n) is 27.9. The van der Waals surface area contributed by atoms with Crippen molar-refractivity contribution in [1.82, 2.24) is 20.0 Å². The van der Waals surface area contributed by atoms with Crippen molar-refractivity contribution in [2.24, 2.45) is 4.99 Å². The highest BCUT2D eigenvalue weighted by atomic mass is 35.5. The smallest absolute Gasteiger partial charge is 0.416 e. The minimum atomic E-state index is -4.61. The van der Waals surface area contributed by atoms with Gasteiger partial charge in [-0.25, -0.2) is 4.79 Å². The molecule has 0 aliphatic carbocycles. The fraction of sp³-hybridized carbons (Fsp3) is 0.324. The molecule has 1 fully saturated rings. The maximum Gasteiger partial charge on any atom is 0.416 e. The summed E-state index contributed by atoms with van der Waals surface area (Å²) in [6.45, 7) is 5.48. The van der Waals surface area contributed by atoms with E-state index in [1.165, 1.54) is 6.07 Å². The second-order valence-corrected chi connectivity index (χ2v) is 13.2. The topological polar surface area (TPSA) is 90.6 Å². The van der Waals surface area contributed by atoms with Crippen molar-refractivity contribution in [1.29, 1.82) is 0 Å². The van der Waals surface area contributed by atoms with E-state index in [0.29, 0.717) is 42.0 Å². The van der Waals surface area contributed by atoms with Crippen LogP contribution in [0.5, 0.6) is 5.75 Å². The van der Waals surface area contributed by atoms with Crippen LogP contribution in [0.4, 0.5) is 18.0 Å². The molecule has 4 aromatic rings. The van der Waals surface area contributed by atoms with E-state index in [4.69, 9.17) is 37.3 Å². The van der Waals surface area contributed by atoms with Gasteiger partial charge in [-0.1, -0.05) is 47.5 Å². The first-order valence-corrected chi connectivity index (χ1v) is 17.2. The first-order valence-electron chi connectivity index (χ1n) is 16.5. The van der Waals surface area contributed by atoms with Crippen molar-refractivity contribution in [2.75, 3.05) is 39.3 Å². The Morgan fingerprint density at radius 3 is 2.16 bits per heavy atom. The van der Waals surface area contributed by atoms with Gasteiger partial charge in [-0.15, -0.1) is 0 Å². The lowest BCUT2D eigenvalue weighted by atomic mass is 9.93. The van der Waals surface area contributed by atoms with Gasteiger partial charge in [0.15, 0.2) is 0 Å². The number of aryl methyl sites for hydroxylation is 1. The number of rotatable bonds is 9. The van der Waals surface area contributed by atoms with Crippen LogP contribution in [0.3, 0.4) is 0 Å². The Balaban J connectivity index is 1.32. The number of amides is 3. The number of piperazine rings is 1. The van der Waals surface area contributed by atoms with E-state index in [9.17, 15) is 22.8 Å². The number of aliphatic imine (C=N–C) groups is 1. The predicted octanol–water partition coefficient (Wildman–Crippen LogP) is 7.91. The molecule has 0 radical (unpaired) electrons. The first kappa shape index (κ1) is 36.3. The Morgan fingerprint density at radius 1 is 0.922 bits per heavy atom. The van der Waals surface area contributed by atoms with Crippen LogP contribution in [-0.4, -0.2) is 71.8 Å². The van der Waals surface area contributed by atoms with Gasteiger partial charge < -0.3 is 19.4 Å². The Bertz CT molecular complexity index is 1890. The fourth-order valence-corrected chi connectivity index (χ4v) is 6.54. The Morgan fingerprint density at radius 2 is 1.57 bits per heavy atom. The van der Waals surface area contributed by atoms with Crippen LogP contribution >= 0.6 is 23.2 Å². The van der Waals surface area contributed by atoms with Crippen molar-refractivity contribution < 1.29 is 31.9 Å². The molecule has 268 valence electrons. The van der Waals surface area contributed by atoms with E-state index in [0.717, 1.165) is 29.0 Å². The van der Waals surface area contributed by atoms with Gasteiger partial charge in [0.05, 0.1) is 36.9 Å². The molecule has 51 heavy (non-hydrogen) atoms. The molecule has 1 N–H and O–H groups in total. The highest BCUT2D eigenvalue weighted by Gasteiger charge is 2.45. The molecule has 3 heterocycles. The molecule has 3 aromatic carbocycles. The summed E-state index contributed by atoms with van der Waals surface area (Å²) in [7, 11) is 0. The maximum absolute atomic E-state index is 14.7. The van der Waals surface area contributed by atoms with Crippen LogP contribution in [0.25, 0.3) is 0 Å². The zero-order chi connectivity index (χ0) is 36.3. The summed E-state index contributed by atoms with van der Waals surface area (Å²) >= 11 is 12.5. The monoisotopic (exact) mass is 741 g/mol. The third kappa shape index (κ3) is 8.35. The molecule has 2 unspecified atom stereocenters. The maximum atomic E-state index is 14.7. The van der Waals surface area contributed by atoms with Crippen LogP contribution in [-0.2, 0) is 17.5 Å². The number of amidine groups is 1. The van der Waals surface area contributed by atoms with E-state index >= 15 is 0 Å². The van der Waals surface area contributed by atoms with Crippen molar-refractivity contribution in [3.05, 3.63) is 123 Å². The number of furan rings is 1.